The van der Waals surface area contributed by atoms with Gasteiger partial charge in [-0.1, -0.05) is 18.2 Å². The van der Waals surface area contributed by atoms with Crippen LogP contribution in [0.15, 0.2) is 24.3 Å². The number of thioether (sulfide) groups is 2. The van der Waals surface area contributed by atoms with E-state index in [0.717, 1.165) is 18.7 Å². The van der Waals surface area contributed by atoms with E-state index in [1.165, 1.54) is 28.6 Å². The number of nitrogens with zero attached hydrogens (tertiary/aromatic N) is 1. The molecule has 1 atom stereocenters. The summed E-state index contributed by atoms with van der Waals surface area (Å²) in [4.78, 5) is 2.50. The number of rotatable bonds is 3. The molecule has 19 heavy (non-hydrogen) atoms. The monoisotopic (exact) mass is 295 g/mol. The van der Waals surface area contributed by atoms with Crippen LogP contribution in [-0.2, 0) is 6.42 Å². The molecule has 1 aromatic rings. The summed E-state index contributed by atoms with van der Waals surface area (Å²) in [6, 6.07) is 9.14. The van der Waals surface area contributed by atoms with E-state index in [0.29, 0.717) is 12.1 Å². The highest BCUT2D eigenvalue weighted by molar-refractivity contribution is 8.03. The third kappa shape index (κ3) is 3.41. The third-order valence-corrected chi connectivity index (χ3v) is 6.31. The number of para-hydroxylation sites is 1. The molecule has 2 aliphatic heterocycles. The van der Waals surface area contributed by atoms with E-state index in [4.69, 9.17) is 4.74 Å². The molecule has 104 valence electrons. The van der Waals surface area contributed by atoms with Gasteiger partial charge in [-0.2, -0.15) is 23.5 Å². The largest absolute Gasteiger partial charge is 0.488 e. The summed E-state index contributed by atoms with van der Waals surface area (Å²) >= 11 is 4.19. The summed E-state index contributed by atoms with van der Waals surface area (Å²) in [5.74, 6) is 6.23. The van der Waals surface area contributed by atoms with E-state index >= 15 is 0 Å². The van der Waals surface area contributed by atoms with Crippen LogP contribution in [0.25, 0.3) is 0 Å². The average molecular weight is 295 g/mol. The molecule has 2 nitrogen and oxygen atoms in total. The quantitative estimate of drug-likeness (QED) is 0.850. The summed E-state index contributed by atoms with van der Waals surface area (Å²) in [5, 5.41) is 0. The Balaban J connectivity index is 1.55. The maximum atomic E-state index is 6.04. The van der Waals surface area contributed by atoms with Gasteiger partial charge in [0.2, 0.25) is 0 Å². The van der Waals surface area contributed by atoms with Crippen LogP contribution >= 0.6 is 23.5 Å². The van der Waals surface area contributed by atoms with Gasteiger partial charge < -0.3 is 4.74 Å². The molecule has 1 aromatic carbocycles. The second kappa shape index (κ2) is 6.42. The summed E-state index contributed by atoms with van der Waals surface area (Å²) in [5.41, 5.74) is 1.37. The molecular weight excluding hydrogens is 274 g/mol. The van der Waals surface area contributed by atoms with Gasteiger partial charge in [-0.25, -0.2) is 0 Å². The molecule has 0 aromatic heterocycles. The number of ether oxygens (including phenoxy) is 1. The topological polar surface area (TPSA) is 12.5 Å². The lowest BCUT2D eigenvalue weighted by Crippen LogP contribution is -2.41. The number of likely N-dealkylation sites (N-methyl/N-ethyl adjacent to an activating group) is 1. The molecule has 0 amide bonds. The fraction of sp³-hybridized carbons (Fsp3) is 0.600. The van der Waals surface area contributed by atoms with Crippen LogP contribution in [0.3, 0.4) is 0 Å². The van der Waals surface area contributed by atoms with Gasteiger partial charge in [0, 0.05) is 42.0 Å². The van der Waals surface area contributed by atoms with E-state index in [-0.39, 0.29) is 0 Å². The molecular formula is C15H21NOS2. The SMILES string of the molecule is CN(C[C@@H]1Cc2ccccc2O1)C1CSCCSC1. The highest BCUT2D eigenvalue weighted by Gasteiger charge is 2.26. The smallest absolute Gasteiger partial charge is 0.123 e. The Kier molecular flexibility index (Phi) is 4.61. The molecule has 4 heteroatoms. The van der Waals surface area contributed by atoms with Gasteiger partial charge in [-0.05, 0) is 18.7 Å². The Morgan fingerprint density at radius 1 is 1.21 bits per heavy atom. The highest BCUT2D eigenvalue weighted by Crippen LogP contribution is 2.29. The first-order valence-corrected chi connectivity index (χ1v) is 9.24. The van der Waals surface area contributed by atoms with Crippen molar-refractivity contribution < 1.29 is 4.74 Å². The molecule has 2 aliphatic rings. The standard InChI is InChI=1S/C15H21NOS2/c1-16(13-10-18-6-7-19-11-13)9-14-8-12-4-2-3-5-15(12)17-14/h2-5,13-14H,6-11H2,1H3/t14-/m0/s1. The van der Waals surface area contributed by atoms with E-state index in [1.807, 2.05) is 0 Å². The van der Waals surface area contributed by atoms with Crippen LogP contribution in [0.5, 0.6) is 5.75 Å². The van der Waals surface area contributed by atoms with Crippen LogP contribution in [-0.4, -0.2) is 53.6 Å². The van der Waals surface area contributed by atoms with Gasteiger partial charge in [0.05, 0.1) is 0 Å². The fourth-order valence-corrected chi connectivity index (χ4v) is 5.40. The third-order valence-electron chi connectivity index (χ3n) is 3.82. The zero-order chi connectivity index (χ0) is 13.1. The van der Waals surface area contributed by atoms with Crippen molar-refractivity contribution in [1.82, 2.24) is 4.90 Å². The van der Waals surface area contributed by atoms with Gasteiger partial charge in [-0.15, -0.1) is 0 Å². The highest BCUT2D eigenvalue weighted by atomic mass is 32.2. The number of hydrogen-bond acceptors (Lipinski definition) is 4. The van der Waals surface area contributed by atoms with Crippen molar-refractivity contribution in [2.75, 3.05) is 36.6 Å². The van der Waals surface area contributed by atoms with Crippen molar-refractivity contribution >= 4 is 23.5 Å². The van der Waals surface area contributed by atoms with Crippen LogP contribution in [0.1, 0.15) is 5.56 Å². The molecule has 0 bridgehead atoms. The minimum absolute atomic E-state index is 0.334. The molecule has 3 rings (SSSR count). The molecule has 0 radical (unpaired) electrons. The predicted molar refractivity (Wildman–Crippen MR) is 85.6 cm³/mol. The average Bonchev–Trinajstić information content (AvgIpc) is 2.63. The van der Waals surface area contributed by atoms with Gasteiger partial charge in [0.25, 0.3) is 0 Å². The van der Waals surface area contributed by atoms with E-state index in [1.54, 1.807) is 0 Å². The van der Waals surface area contributed by atoms with Crippen molar-refractivity contribution in [3.8, 4) is 5.75 Å². The lowest BCUT2D eigenvalue weighted by Gasteiger charge is -2.28. The molecule has 2 heterocycles. The molecule has 1 fully saturated rings. The lowest BCUT2D eigenvalue weighted by atomic mass is 10.1. The maximum absolute atomic E-state index is 6.04. The van der Waals surface area contributed by atoms with Crippen molar-refractivity contribution in [1.29, 1.82) is 0 Å². The van der Waals surface area contributed by atoms with Crippen molar-refractivity contribution in [3.05, 3.63) is 29.8 Å². The normalized spacial score (nSPS) is 24.0. The Hall–Kier alpha value is -0.320. The minimum Gasteiger partial charge on any atom is -0.488 e. The molecule has 0 aliphatic carbocycles. The maximum Gasteiger partial charge on any atom is 0.123 e. The van der Waals surface area contributed by atoms with Crippen LogP contribution in [0, 0.1) is 0 Å². The number of hydrogen-bond donors (Lipinski definition) is 0. The first-order chi connectivity index (χ1) is 9.33. The van der Waals surface area contributed by atoms with Gasteiger partial charge in [0.1, 0.15) is 11.9 Å². The Bertz CT molecular complexity index is 393. The lowest BCUT2D eigenvalue weighted by molar-refractivity contribution is 0.152. The second-order valence-corrected chi connectivity index (χ2v) is 7.59. The first-order valence-electron chi connectivity index (χ1n) is 6.93. The van der Waals surface area contributed by atoms with Crippen molar-refractivity contribution in [2.45, 2.75) is 18.6 Å². The zero-order valence-electron chi connectivity index (χ0n) is 11.4. The number of benzene rings is 1. The molecule has 0 N–H and O–H groups in total. The fourth-order valence-electron chi connectivity index (χ4n) is 2.69. The zero-order valence-corrected chi connectivity index (χ0v) is 13.0. The summed E-state index contributed by atoms with van der Waals surface area (Å²) < 4.78 is 6.04. The molecule has 0 spiro atoms. The summed E-state index contributed by atoms with van der Waals surface area (Å²) in [7, 11) is 2.25. The van der Waals surface area contributed by atoms with Crippen LogP contribution in [0.2, 0.25) is 0 Å². The molecule has 0 saturated carbocycles. The Morgan fingerprint density at radius 3 is 2.68 bits per heavy atom. The Labute approximate surface area is 124 Å². The van der Waals surface area contributed by atoms with Gasteiger partial charge in [-0.3, -0.25) is 4.90 Å². The minimum atomic E-state index is 0.334. The van der Waals surface area contributed by atoms with Crippen molar-refractivity contribution in [2.24, 2.45) is 0 Å². The van der Waals surface area contributed by atoms with E-state index in [2.05, 4.69) is 59.7 Å². The molecule has 0 unspecified atom stereocenters. The van der Waals surface area contributed by atoms with Gasteiger partial charge >= 0.3 is 0 Å². The van der Waals surface area contributed by atoms with Gasteiger partial charge in [0.15, 0.2) is 0 Å². The van der Waals surface area contributed by atoms with Crippen LogP contribution < -0.4 is 4.74 Å². The van der Waals surface area contributed by atoms with Crippen LogP contribution in [0.4, 0.5) is 0 Å². The second-order valence-electron chi connectivity index (χ2n) is 5.29. The van der Waals surface area contributed by atoms with Crippen molar-refractivity contribution in [3.63, 3.8) is 0 Å². The number of fused-ring (bicyclic) bond motifs is 1. The summed E-state index contributed by atoms with van der Waals surface area (Å²) in [6.45, 7) is 1.04. The van der Waals surface area contributed by atoms with E-state index in [9.17, 15) is 0 Å². The molecule has 1 saturated heterocycles. The predicted octanol–water partition coefficient (Wildman–Crippen LogP) is 2.77. The first kappa shape index (κ1) is 13.7. The summed E-state index contributed by atoms with van der Waals surface area (Å²) in [6.07, 6.45) is 1.40. The Morgan fingerprint density at radius 2 is 1.95 bits per heavy atom. The van der Waals surface area contributed by atoms with E-state index < -0.39 is 0 Å².